The van der Waals surface area contributed by atoms with Crippen molar-refractivity contribution >= 4 is 34.0 Å². The van der Waals surface area contributed by atoms with E-state index < -0.39 is 11.8 Å². The number of rotatable bonds is 7. The smallest absolute Gasteiger partial charge is 0.259 e. The van der Waals surface area contributed by atoms with Crippen molar-refractivity contribution in [1.29, 1.82) is 0 Å². The fourth-order valence-corrected chi connectivity index (χ4v) is 2.53. The molecule has 0 heterocycles. The Hall–Kier alpha value is -3.07. The van der Waals surface area contributed by atoms with Crippen LogP contribution in [-0.2, 0) is 4.79 Å². The van der Waals surface area contributed by atoms with Crippen molar-refractivity contribution in [2.24, 2.45) is 5.10 Å². The molecule has 27 heavy (non-hydrogen) atoms. The molecule has 0 aliphatic heterocycles. The van der Waals surface area contributed by atoms with Gasteiger partial charge in [-0.25, -0.2) is 5.43 Å². The topological polar surface area (TPSA) is 109 Å². The number of nitrogens with zero attached hydrogens (tertiary/aromatic N) is 1. The number of methoxy groups -OCH3 is 2. The molecule has 142 valence electrons. The summed E-state index contributed by atoms with van der Waals surface area (Å²) in [5.41, 5.74) is 3.28. The predicted octanol–water partition coefficient (Wildman–Crippen LogP) is 2.05. The van der Waals surface area contributed by atoms with E-state index >= 15 is 0 Å². The highest BCUT2D eigenvalue weighted by molar-refractivity contribution is 9.10. The molecular formula is C18H18BrN3O5. The predicted molar refractivity (Wildman–Crippen MR) is 103 cm³/mol. The first-order chi connectivity index (χ1) is 12.9. The first-order valence-electron chi connectivity index (χ1n) is 7.75. The Bertz CT molecular complexity index is 870. The highest BCUT2D eigenvalue weighted by Gasteiger charge is 2.09. The second-order valence-electron chi connectivity index (χ2n) is 5.26. The van der Waals surface area contributed by atoms with Crippen molar-refractivity contribution in [2.75, 3.05) is 20.8 Å². The summed E-state index contributed by atoms with van der Waals surface area (Å²) in [6.45, 7) is -0.240. The number of nitrogens with one attached hydrogen (secondary N) is 2. The maximum Gasteiger partial charge on any atom is 0.259 e. The SMILES string of the molecule is COc1cccc(C(=O)NCC(=O)N/N=C/c2cc(Br)c(O)c(OC)c2)c1. The van der Waals surface area contributed by atoms with Crippen LogP contribution in [0.4, 0.5) is 0 Å². The van der Waals surface area contributed by atoms with Crippen molar-refractivity contribution in [1.82, 2.24) is 10.7 Å². The van der Waals surface area contributed by atoms with Gasteiger partial charge in [0.25, 0.3) is 11.8 Å². The van der Waals surface area contributed by atoms with Gasteiger partial charge in [0.05, 0.1) is 31.5 Å². The zero-order valence-electron chi connectivity index (χ0n) is 14.7. The quantitative estimate of drug-likeness (QED) is 0.455. The fourth-order valence-electron chi connectivity index (χ4n) is 2.07. The average molecular weight is 436 g/mol. The molecular weight excluding hydrogens is 418 g/mol. The fraction of sp³-hybridized carbons (Fsp3) is 0.167. The van der Waals surface area contributed by atoms with E-state index in [1.165, 1.54) is 20.4 Å². The van der Waals surface area contributed by atoms with Gasteiger partial charge >= 0.3 is 0 Å². The van der Waals surface area contributed by atoms with Crippen LogP contribution < -0.4 is 20.2 Å². The summed E-state index contributed by atoms with van der Waals surface area (Å²) < 4.78 is 10.5. The van der Waals surface area contributed by atoms with Crippen LogP contribution in [0.1, 0.15) is 15.9 Å². The Kier molecular flexibility index (Phi) is 7.18. The molecule has 0 aromatic heterocycles. The highest BCUT2D eigenvalue weighted by atomic mass is 79.9. The number of hydrogen-bond donors (Lipinski definition) is 3. The van der Waals surface area contributed by atoms with E-state index in [0.717, 1.165) is 0 Å². The van der Waals surface area contributed by atoms with Gasteiger partial charge in [0.15, 0.2) is 11.5 Å². The summed E-state index contributed by atoms with van der Waals surface area (Å²) in [7, 11) is 2.93. The number of carbonyl (C=O) groups excluding carboxylic acids is 2. The summed E-state index contributed by atoms with van der Waals surface area (Å²) in [5, 5.41) is 16.1. The van der Waals surface area contributed by atoms with Crippen LogP contribution in [0.15, 0.2) is 46.0 Å². The van der Waals surface area contributed by atoms with Gasteiger partial charge in [-0.15, -0.1) is 0 Å². The van der Waals surface area contributed by atoms with Crippen molar-refractivity contribution in [3.8, 4) is 17.2 Å². The van der Waals surface area contributed by atoms with Crippen molar-refractivity contribution in [2.45, 2.75) is 0 Å². The minimum atomic E-state index is -0.493. The molecule has 2 rings (SSSR count). The lowest BCUT2D eigenvalue weighted by molar-refractivity contribution is -0.120. The number of aromatic hydroxyl groups is 1. The largest absolute Gasteiger partial charge is 0.503 e. The molecule has 0 aliphatic rings. The maximum atomic E-state index is 12.0. The highest BCUT2D eigenvalue weighted by Crippen LogP contribution is 2.34. The standard InChI is InChI=1S/C18H18BrN3O5/c1-26-13-5-3-4-12(8-13)18(25)20-10-16(23)22-21-9-11-6-14(19)17(24)15(7-11)27-2/h3-9,24H,10H2,1-2H3,(H,20,25)(H,22,23)/b21-9+. The number of phenolic OH excluding ortho intramolecular Hbond substituents is 1. The van der Waals surface area contributed by atoms with E-state index in [4.69, 9.17) is 9.47 Å². The molecule has 0 saturated heterocycles. The molecule has 9 heteroatoms. The van der Waals surface area contributed by atoms with Gasteiger partial charge < -0.3 is 19.9 Å². The molecule has 2 aromatic carbocycles. The first kappa shape index (κ1) is 20.2. The Morgan fingerprint density at radius 1 is 1.22 bits per heavy atom. The second kappa shape index (κ2) is 9.58. The van der Waals surface area contributed by atoms with Gasteiger partial charge in [-0.3, -0.25) is 9.59 Å². The van der Waals surface area contributed by atoms with Gasteiger partial charge in [-0.1, -0.05) is 6.07 Å². The van der Waals surface area contributed by atoms with Gasteiger partial charge in [-0.05, 0) is 51.8 Å². The Morgan fingerprint density at radius 2 is 2.00 bits per heavy atom. The molecule has 0 spiro atoms. The molecule has 0 unspecified atom stereocenters. The molecule has 2 aromatic rings. The van der Waals surface area contributed by atoms with E-state index in [0.29, 0.717) is 21.3 Å². The number of amides is 2. The summed E-state index contributed by atoms with van der Waals surface area (Å²) >= 11 is 3.20. The van der Waals surface area contributed by atoms with E-state index in [2.05, 4.69) is 31.8 Å². The van der Waals surface area contributed by atoms with Crippen LogP contribution in [0.5, 0.6) is 17.2 Å². The number of ether oxygens (including phenoxy) is 2. The normalized spacial score (nSPS) is 10.5. The average Bonchev–Trinajstić information content (AvgIpc) is 2.68. The summed E-state index contributed by atoms with van der Waals surface area (Å²) in [4.78, 5) is 23.8. The monoisotopic (exact) mass is 435 g/mol. The molecule has 0 radical (unpaired) electrons. The third-order valence-electron chi connectivity index (χ3n) is 3.41. The minimum absolute atomic E-state index is 0.0288. The zero-order valence-corrected chi connectivity index (χ0v) is 16.2. The van der Waals surface area contributed by atoms with Crippen LogP contribution in [0.25, 0.3) is 0 Å². The second-order valence-corrected chi connectivity index (χ2v) is 6.12. The Labute approximate surface area is 164 Å². The number of halogens is 1. The van der Waals surface area contributed by atoms with E-state index in [1.807, 2.05) is 0 Å². The Balaban J connectivity index is 1.88. The van der Waals surface area contributed by atoms with Gasteiger partial charge in [0, 0.05) is 5.56 Å². The van der Waals surface area contributed by atoms with Crippen LogP contribution in [0.3, 0.4) is 0 Å². The molecule has 0 aliphatic carbocycles. The summed E-state index contributed by atoms with van der Waals surface area (Å²) in [5.74, 6) is -0.110. The van der Waals surface area contributed by atoms with Crippen LogP contribution in [-0.4, -0.2) is 43.9 Å². The number of carbonyl (C=O) groups is 2. The molecule has 0 atom stereocenters. The van der Waals surface area contributed by atoms with Crippen molar-refractivity contribution < 1.29 is 24.2 Å². The molecule has 3 N–H and O–H groups in total. The molecule has 0 bridgehead atoms. The summed E-state index contributed by atoms with van der Waals surface area (Å²) in [6.07, 6.45) is 1.38. The van der Waals surface area contributed by atoms with Crippen LogP contribution in [0, 0.1) is 0 Å². The van der Waals surface area contributed by atoms with E-state index in [9.17, 15) is 14.7 Å². The molecule has 0 saturated carbocycles. The molecule has 8 nitrogen and oxygen atoms in total. The van der Waals surface area contributed by atoms with Crippen LogP contribution in [0.2, 0.25) is 0 Å². The van der Waals surface area contributed by atoms with E-state index in [1.54, 1.807) is 36.4 Å². The zero-order chi connectivity index (χ0) is 19.8. The lowest BCUT2D eigenvalue weighted by Gasteiger charge is -2.07. The van der Waals surface area contributed by atoms with Gasteiger partial charge in [0.1, 0.15) is 5.75 Å². The number of hydrazone groups is 1. The first-order valence-corrected chi connectivity index (χ1v) is 8.54. The Morgan fingerprint density at radius 3 is 2.70 bits per heavy atom. The maximum absolute atomic E-state index is 12.0. The summed E-state index contributed by atoms with van der Waals surface area (Å²) in [6, 6.07) is 9.75. The van der Waals surface area contributed by atoms with Crippen molar-refractivity contribution in [3.63, 3.8) is 0 Å². The number of hydrogen-bond acceptors (Lipinski definition) is 6. The number of benzene rings is 2. The molecule has 2 amide bonds. The van der Waals surface area contributed by atoms with E-state index in [-0.39, 0.29) is 18.0 Å². The van der Waals surface area contributed by atoms with Crippen molar-refractivity contribution in [3.05, 3.63) is 52.0 Å². The molecule has 0 fully saturated rings. The number of phenols is 1. The third kappa shape index (κ3) is 5.71. The van der Waals surface area contributed by atoms with Crippen LogP contribution >= 0.6 is 15.9 Å². The van der Waals surface area contributed by atoms with Gasteiger partial charge in [0.2, 0.25) is 0 Å². The van der Waals surface area contributed by atoms with Gasteiger partial charge in [-0.2, -0.15) is 5.10 Å². The lowest BCUT2D eigenvalue weighted by Crippen LogP contribution is -2.34. The lowest BCUT2D eigenvalue weighted by atomic mass is 10.2. The minimum Gasteiger partial charge on any atom is -0.503 e. The third-order valence-corrected chi connectivity index (χ3v) is 4.02.